The lowest BCUT2D eigenvalue weighted by Gasteiger charge is -1.97. The number of hydrogen-bond acceptors (Lipinski definition) is 6. The zero-order valence-corrected chi connectivity index (χ0v) is 16.0. The molecule has 1 N–H and O–H groups in total. The van der Waals surface area contributed by atoms with Gasteiger partial charge in [0.1, 0.15) is 10.8 Å². The number of hydrogen-bond donors (Lipinski definition) is 1. The van der Waals surface area contributed by atoms with Gasteiger partial charge in [0.05, 0.1) is 10.6 Å². The molecule has 0 bridgehead atoms. The SMILES string of the molecule is Cc1cccc(N=C2NC(=O)/C(=C/c3ccc(Sc4ccccn4)o3)S2)c1. The molecule has 134 valence electrons. The molecule has 7 heteroatoms. The van der Waals surface area contributed by atoms with Crippen molar-refractivity contribution in [3.63, 3.8) is 0 Å². The van der Waals surface area contributed by atoms with Gasteiger partial charge >= 0.3 is 0 Å². The van der Waals surface area contributed by atoms with Crippen LogP contribution in [0.3, 0.4) is 0 Å². The maximum absolute atomic E-state index is 12.2. The van der Waals surface area contributed by atoms with Crippen molar-refractivity contribution in [3.8, 4) is 0 Å². The molecule has 0 spiro atoms. The van der Waals surface area contributed by atoms with E-state index in [1.807, 2.05) is 61.5 Å². The van der Waals surface area contributed by atoms with Gasteiger partial charge in [-0.25, -0.2) is 9.98 Å². The number of thioether (sulfide) groups is 1. The molecule has 0 saturated carbocycles. The minimum absolute atomic E-state index is 0.179. The largest absolute Gasteiger partial charge is 0.450 e. The van der Waals surface area contributed by atoms with Crippen LogP contribution in [0.25, 0.3) is 6.08 Å². The molecule has 1 aliphatic heterocycles. The fraction of sp³-hybridized carbons (Fsp3) is 0.0500. The number of furan rings is 1. The second-order valence-corrected chi connectivity index (χ2v) is 7.80. The standard InChI is InChI=1S/C20H15N3O2S2/c1-13-5-4-6-14(11-13)22-20-23-19(24)16(26-20)12-15-8-9-18(25-15)27-17-7-2-3-10-21-17/h2-12H,1H3,(H,22,23,24)/b16-12-. The summed E-state index contributed by atoms with van der Waals surface area (Å²) in [5, 5.41) is 4.92. The number of nitrogens with one attached hydrogen (secondary N) is 1. The number of benzene rings is 1. The van der Waals surface area contributed by atoms with E-state index in [9.17, 15) is 4.79 Å². The van der Waals surface area contributed by atoms with Crippen molar-refractivity contribution in [2.45, 2.75) is 17.0 Å². The molecule has 3 heterocycles. The van der Waals surface area contributed by atoms with Gasteiger partial charge < -0.3 is 9.73 Å². The van der Waals surface area contributed by atoms with Crippen LogP contribution in [-0.2, 0) is 4.79 Å². The number of carbonyl (C=O) groups excluding carboxylic acids is 1. The Balaban J connectivity index is 1.49. The number of rotatable bonds is 4. The van der Waals surface area contributed by atoms with Gasteiger partial charge in [0.15, 0.2) is 10.3 Å². The second kappa shape index (κ2) is 7.85. The first-order chi connectivity index (χ1) is 13.2. The molecule has 0 unspecified atom stereocenters. The number of aromatic nitrogens is 1. The average molecular weight is 393 g/mol. The Morgan fingerprint density at radius 3 is 2.93 bits per heavy atom. The van der Waals surface area contributed by atoms with Crippen LogP contribution in [0.2, 0.25) is 0 Å². The van der Waals surface area contributed by atoms with Crippen molar-refractivity contribution in [1.29, 1.82) is 0 Å². The summed E-state index contributed by atoms with van der Waals surface area (Å²) >= 11 is 2.73. The van der Waals surface area contributed by atoms with Crippen LogP contribution in [0.15, 0.2) is 85.2 Å². The van der Waals surface area contributed by atoms with E-state index in [1.54, 1.807) is 12.3 Å². The molecule has 1 fully saturated rings. The summed E-state index contributed by atoms with van der Waals surface area (Å²) in [5.74, 6) is 0.435. The van der Waals surface area contributed by atoms with E-state index in [-0.39, 0.29) is 5.91 Å². The molecule has 27 heavy (non-hydrogen) atoms. The molecule has 0 aliphatic carbocycles. The molecule has 0 atom stereocenters. The molecule has 4 rings (SSSR count). The number of nitrogens with zero attached hydrogens (tertiary/aromatic N) is 2. The smallest absolute Gasteiger partial charge is 0.264 e. The lowest BCUT2D eigenvalue weighted by atomic mass is 10.2. The van der Waals surface area contributed by atoms with Crippen LogP contribution < -0.4 is 5.32 Å². The lowest BCUT2D eigenvalue weighted by Crippen LogP contribution is -2.19. The highest BCUT2D eigenvalue weighted by molar-refractivity contribution is 8.18. The first-order valence-corrected chi connectivity index (χ1v) is 9.84. The number of amides is 1. The number of aliphatic imine (C=N–C) groups is 1. The summed E-state index contributed by atoms with van der Waals surface area (Å²) in [6.07, 6.45) is 3.46. The van der Waals surface area contributed by atoms with Gasteiger partial charge in [-0.3, -0.25) is 4.79 Å². The van der Waals surface area contributed by atoms with Crippen molar-refractivity contribution in [2.24, 2.45) is 4.99 Å². The predicted octanol–water partition coefficient (Wildman–Crippen LogP) is 5.03. The highest BCUT2D eigenvalue weighted by Crippen LogP contribution is 2.31. The fourth-order valence-corrected chi connectivity index (χ4v) is 3.96. The quantitative estimate of drug-likeness (QED) is 0.630. The summed E-state index contributed by atoms with van der Waals surface area (Å²) in [5.41, 5.74) is 1.93. The molecule has 5 nitrogen and oxygen atoms in total. The molecule has 0 radical (unpaired) electrons. The second-order valence-electron chi connectivity index (χ2n) is 5.75. The highest BCUT2D eigenvalue weighted by Gasteiger charge is 2.24. The van der Waals surface area contributed by atoms with Gasteiger partial charge in [0.2, 0.25) is 0 Å². The topological polar surface area (TPSA) is 67.5 Å². The summed E-state index contributed by atoms with van der Waals surface area (Å²) < 4.78 is 5.78. The van der Waals surface area contributed by atoms with Crippen LogP contribution in [0.5, 0.6) is 0 Å². The summed E-state index contributed by atoms with van der Waals surface area (Å²) in [7, 11) is 0. The third-order valence-corrected chi connectivity index (χ3v) is 5.38. The van der Waals surface area contributed by atoms with Gasteiger partial charge in [-0.2, -0.15) is 0 Å². The van der Waals surface area contributed by atoms with Gasteiger partial charge in [0, 0.05) is 12.3 Å². The number of aryl methyl sites for hydroxylation is 1. The molecule has 1 aromatic carbocycles. The van der Waals surface area contributed by atoms with E-state index in [0.717, 1.165) is 21.4 Å². The molecule has 3 aromatic rings. The van der Waals surface area contributed by atoms with Gasteiger partial charge in [-0.05, 0) is 72.4 Å². The fourth-order valence-electron chi connectivity index (χ4n) is 2.40. The zero-order valence-electron chi connectivity index (χ0n) is 14.4. The van der Waals surface area contributed by atoms with Crippen LogP contribution in [0, 0.1) is 6.92 Å². The zero-order chi connectivity index (χ0) is 18.6. The van der Waals surface area contributed by atoms with Gasteiger partial charge in [-0.15, -0.1) is 0 Å². The molecular formula is C20H15N3O2S2. The normalized spacial score (nSPS) is 16.9. The molecule has 2 aromatic heterocycles. The Morgan fingerprint density at radius 1 is 1.19 bits per heavy atom. The van der Waals surface area contributed by atoms with E-state index < -0.39 is 0 Å². The minimum atomic E-state index is -0.179. The average Bonchev–Trinajstić information content (AvgIpc) is 3.22. The van der Waals surface area contributed by atoms with Crippen LogP contribution >= 0.6 is 23.5 Å². The Hall–Kier alpha value is -2.77. The van der Waals surface area contributed by atoms with E-state index in [1.165, 1.54) is 23.5 Å². The first-order valence-electron chi connectivity index (χ1n) is 8.21. The number of carbonyl (C=O) groups is 1. The minimum Gasteiger partial charge on any atom is -0.450 e. The van der Waals surface area contributed by atoms with E-state index in [2.05, 4.69) is 15.3 Å². The lowest BCUT2D eigenvalue weighted by molar-refractivity contribution is -0.115. The number of pyridine rings is 1. The van der Waals surface area contributed by atoms with Crippen LogP contribution in [0.4, 0.5) is 5.69 Å². The third-order valence-electron chi connectivity index (χ3n) is 3.60. The summed E-state index contributed by atoms with van der Waals surface area (Å²) in [4.78, 5) is 21.5. The van der Waals surface area contributed by atoms with Crippen LogP contribution in [0.1, 0.15) is 11.3 Å². The van der Waals surface area contributed by atoms with E-state index >= 15 is 0 Å². The predicted molar refractivity (Wildman–Crippen MR) is 109 cm³/mol. The van der Waals surface area contributed by atoms with Crippen molar-refractivity contribution in [2.75, 3.05) is 0 Å². The Bertz CT molecular complexity index is 1040. The van der Waals surface area contributed by atoms with Crippen LogP contribution in [-0.4, -0.2) is 16.1 Å². The third kappa shape index (κ3) is 4.50. The monoisotopic (exact) mass is 393 g/mol. The molecule has 1 saturated heterocycles. The Morgan fingerprint density at radius 2 is 2.11 bits per heavy atom. The van der Waals surface area contributed by atoms with E-state index in [0.29, 0.717) is 15.8 Å². The summed E-state index contributed by atoms with van der Waals surface area (Å²) in [6.45, 7) is 2.01. The van der Waals surface area contributed by atoms with Gasteiger partial charge in [0.25, 0.3) is 5.91 Å². The Kier molecular flexibility index (Phi) is 5.13. The molecular weight excluding hydrogens is 378 g/mol. The highest BCUT2D eigenvalue weighted by atomic mass is 32.2. The van der Waals surface area contributed by atoms with Crippen molar-refractivity contribution in [3.05, 3.63) is 77.0 Å². The van der Waals surface area contributed by atoms with E-state index in [4.69, 9.17) is 4.42 Å². The van der Waals surface area contributed by atoms with Crippen molar-refractivity contribution < 1.29 is 9.21 Å². The molecule has 1 amide bonds. The number of amidine groups is 1. The summed E-state index contributed by atoms with van der Waals surface area (Å²) in [6, 6.07) is 17.2. The Labute approximate surface area is 165 Å². The van der Waals surface area contributed by atoms with Crippen molar-refractivity contribution >= 4 is 46.4 Å². The maximum atomic E-state index is 12.2. The maximum Gasteiger partial charge on any atom is 0.264 e. The molecule has 1 aliphatic rings. The van der Waals surface area contributed by atoms with Crippen molar-refractivity contribution in [1.82, 2.24) is 10.3 Å². The first kappa shape index (κ1) is 17.6. The van der Waals surface area contributed by atoms with Gasteiger partial charge in [-0.1, -0.05) is 18.2 Å².